The number of piperidine rings is 1. The number of carbonyl (C=O) groups is 1. The molecule has 0 aliphatic carbocycles. The standard InChI is InChI=1S/C26H23NO2/c28-26(27-16-6-1-7-17-27)29-22-14-12-19(13-15-22)25-23-10-4-2-8-20(23)18-21-9-3-5-11-24(21)25/h2-5,8-15,18H,1,6-7,16-17H2. The van der Waals surface area contributed by atoms with Crippen molar-refractivity contribution in [2.24, 2.45) is 0 Å². The molecule has 4 aromatic carbocycles. The number of likely N-dealkylation sites (tertiary alicyclic amines) is 1. The third-order valence-electron chi connectivity index (χ3n) is 5.73. The molecule has 144 valence electrons. The Hall–Kier alpha value is -3.33. The van der Waals surface area contributed by atoms with E-state index in [1.54, 1.807) is 4.90 Å². The average molecular weight is 381 g/mol. The summed E-state index contributed by atoms with van der Waals surface area (Å²) in [5.74, 6) is 0.592. The lowest BCUT2D eigenvalue weighted by Gasteiger charge is -2.25. The quantitative estimate of drug-likeness (QED) is 0.364. The van der Waals surface area contributed by atoms with Crippen molar-refractivity contribution in [3.8, 4) is 16.9 Å². The van der Waals surface area contributed by atoms with Crippen molar-refractivity contribution in [2.75, 3.05) is 13.1 Å². The van der Waals surface area contributed by atoms with Crippen molar-refractivity contribution in [3.63, 3.8) is 0 Å². The second kappa shape index (κ2) is 7.59. The third-order valence-corrected chi connectivity index (χ3v) is 5.73. The molecule has 0 spiro atoms. The van der Waals surface area contributed by atoms with Gasteiger partial charge in [-0.3, -0.25) is 0 Å². The molecule has 5 rings (SSSR count). The van der Waals surface area contributed by atoms with Crippen LogP contribution in [0.4, 0.5) is 4.79 Å². The molecule has 0 aromatic heterocycles. The number of benzene rings is 4. The topological polar surface area (TPSA) is 29.5 Å². The number of carbonyl (C=O) groups excluding carboxylic acids is 1. The molecule has 29 heavy (non-hydrogen) atoms. The Morgan fingerprint density at radius 2 is 1.31 bits per heavy atom. The molecule has 0 radical (unpaired) electrons. The summed E-state index contributed by atoms with van der Waals surface area (Å²) in [5, 5.41) is 4.90. The van der Waals surface area contributed by atoms with Crippen LogP contribution in [0.25, 0.3) is 32.7 Å². The maximum absolute atomic E-state index is 12.4. The smallest absolute Gasteiger partial charge is 0.410 e. The molecule has 1 heterocycles. The van der Waals surface area contributed by atoms with Crippen molar-refractivity contribution < 1.29 is 9.53 Å². The first-order valence-electron chi connectivity index (χ1n) is 10.3. The van der Waals surface area contributed by atoms with Crippen molar-refractivity contribution in [2.45, 2.75) is 19.3 Å². The van der Waals surface area contributed by atoms with Gasteiger partial charge in [-0.1, -0.05) is 60.7 Å². The maximum Gasteiger partial charge on any atom is 0.415 e. The molecule has 0 saturated carbocycles. The summed E-state index contributed by atoms with van der Waals surface area (Å²) in [6.07, 6.45) is 3.06. The van der Waals surface area contributed by atoms with E-state index in [4.69, 9.17) is 4.74 Å². The Labute approximate surface area is 170 Å². The number of rotatable bonds is 2. The van der Waals surface area contributed by atoms with Crippen molar-refractivity contribution in [1.82, 2.24) is 4.90 Å². The molecular weight excluding hydrogens is 358 g/mol. The Balaban J connectivity index is 1.51. The SMILES string of the molecule is O=C(Oc1ccc(-c2c3ccccc3cc3ccccc23)cc1)N1CCCCC1. The van der Waals surface area contributed by atoms with E-state index in [2.05, 4.69) is 54.6 Å². The zero-order chi connectivity index (χ0) is 19.6. The highest BCUT2D eigenvalue weighted by Crippen LogP contribution is 2.36. The molecular formula is C26H23NO2. The largest absolute Gasteiger partial charge is 0.415 e. The molecule has 0 N–H and O–H groups in total. The number of nitrogens with zero attached hydrogens (tertiary/aromatic N) is 1. The van der Waals surface area contributed by atoms with Crippen LogP contribution in [0.3, 0.4) is 0 Å². The summed E-state index contributed by atoms with van der Waals surface area (Å²) in [7, 11) is 0. The minimum atomic E-state index is -0.243. The monoisotopic (exact) mass is 381 g/mol. The Kier molecular flexibility index (Phi) is 4.65. The molecule has 1 aliphatic rings. The zero-order valence-electron chi connectivity index (χ0n) is 16.3. The van der Waals surface area contributed by atoms with Crippen molar-refractivity contribution in [1.29, 1.82) is 0 Å². The first-order chi connectivity index (χ1) is 14.3. The molecule has 1 fully saturated rings. The molecule has 3 nitrogen and oxygen atoms in total. The van der Waals surface area contributed by atoms with Gasteiger partial charge in [-0.05, 0) is 70.1 Å². The van der Waals surface area contributed by atoms with Gasteiger partial charge in [-0.25, -0.2) is 4.79 Å². The lowest BCUT2D eigenvalue weighted by Crippen LogP contribution is -2.37. The van der Waals surface area contributed by atoms with Crippen LogP contribution in [0.15, 0.2) is 78.9 Å². The number of amides is 1. The fraction of sp³-hybridized carbons (Fsp3) is 0.192. The molecule has 0 atom stereocenters. The second-order valence-corrected chi connectivity index (χ2v) is 7.63. The van der Waals surface area contributed by atoms with E-state index < -0.39 is 0 Å². The number of hydrogen-bond acceptors (Lipinski definition) is 2. The highest BCUT2D eigenvalue weighted by molar-refractivity contribution is 6.12. The van der Waals surface area contributed by atoms with Crippen LogP contribution in [0, 0.1) is 0 Å². The number of ether oxygens (including phenoxy) is 1. The van der Waals surface area contributed by atoms with Crippen LogP contribution in [0.1, 0.15) is 19.3 Å². The highest BCUT2D eigenvalue weighted by atomic mass is 16.6. The van der Waals surface area contributed by atoms with Gasteiger partial charge >= 0.3 is 6.09 Å². The van der Waals surface area contributed by atoms with E-state index in [1.807, 2.05) is 24.3 Å². The van der Waals surface area contributed by atoms with Crippen LogP contribution < -0.4 is 4.74 Å². The fourth-order valence-corrected chi connectivity index (χ4v) is 4.26. The van der Waals surface area contributed by atoms with Crippen molar-refractivity contribution >= 4 is 27.6 Å². The minimum absolute atomic E-state index is 0.243. The van der Waals surface area contributed by atoms with E-state index in [0.717, 1.165) is 31.5 Å². The maximum atomic E-state index is 12.4. The van der Waals surface area contributed by atoms with Gasteiger partial charge in [0.2, 0.25) is 0 Å². The summed E-state index contributed by atoms with van der Waals surface area (Å²) >= 11 is 0. The molecule has 1 amide bonds. The Bertz CT molecular complexity index is 1120. The van der Waals surface area contributed by atoms with Crippen LogP contribution >= 0.6 is 0 Å². The molecule has 4 aromatic rings. The predicted molar refractivity (Wildman–Crippen MR) is 118 cm³/mol. The van der Waals surface area contributed by atoms with E-state index >= 15 is 0 Å². The van der Waals surface area contributed by atoms with Gasteiger partial charge in [-0.15, -0.1) is 0 Å². The average Bonchev–Trinajstić information content (AvgIpc) is 2.78. The fourth-order valence-electron chi connectivity index (χ4n) is 4.26. The highest BCUT2D eigenvalue weighted by Gasteiger charge is 2.18. The second-order valence-electron chi connectivity index (χ2n) is 7.63. The van der Waals surface area contributed by atoms with Gasteiger partial charge in [0, 0.05) is 13.1 Å². The van der Waals surface area contributed by atoms with Crippen LogP contribution in [0.2, 0.25) is 0 Å². The normalized spacial score (nSPS) is 14.3. The molecule has 1 saturated heterocycles. The molecule has 3 heteroatoms. The van der Waals surface area contributed by atoms with E-state index in [0.29, 0.717) is 5.75 Å². The number of fused-ring (bicyclic) bond motifs is 2. The van der Waals surface area contributed by atoms with Crippen molar-refractivity contribution in [3.05, 3.63) is 78.9 Å². The van der Waals surface area contributed by atoms with E-state index in [9.17, 15) is 4.79 Å². The van der Waals surface area contributed by atoms with E-state index in [1.165, 1.54) is 33.5 Å². The lowest BCUT2D eigenvalue weighted by atomic mass is 9.92. The predicted octanol–water partition coefficient (Wildman–Crippen LogP) is 6.64. The first-order valence-corrected chi connectivity index (χ1v) is 10.3. The first kappa shape index (κ1) is 17.7. The number of hydrogen-bond donors (Lipinski definition) is 0. The summed E-state index contributed by atoms with van der Waals surface area (Å²) in [4.78, 5) is 14.2. The van der Waals surface area contributed by atoms with Gasteiger partial charge in [0.15, 0.2) is 0 Å². The lowest BCUT2D eigenvalue weighted by molar-refractivity contribution is 0.142. The summed E-state index contributed by atoms with van der Waals surface area (Å²) < 4.78 is 5.61. The summed E-state index contributed by atoms with van der Waals surface area (Å²) in [6, 6.07) is 27.1. The third kappa shape index (κ3) is 3.44. The van der Waals surface area contributed by atoms with Gasteiger partial charge in [-0.2, -0.15) is 0 Å². The van der Waals surface area contributed by atoms with Crippen LogP contribution in [-0.4, -0.2) is 24.1 Å². The molecule has 0 unspecified atom stereocenters. The van der Waals surface area contributed by atoms with Gasteiger partial charge in [0.1, 0.15) is 5.75 Å². The minimum Gasteiger partial charge on any atom is -0.410 e. The molecule has 0 bridgehead atoms. The summed E-state index contributed by atoms with van der Waals surface area (Å²) in [6.45, 7) is 1.58. The zero-order valence-corrected chi connectivity index (χ0v) is 16.3. The van der Waals surface area contributed by atoms with Crippen LogP contribution in [0.5, 0.6) is 5.75 Å². The van der Waals surface area contributed by atoms with Gasteiger partial charge < -0.3 is 9.64 Å². The Morgan fingerprint density at radius 1 is 0.724 bits per heavy atom. The summed E-state index contributed by atoms with van der Waals surface area (Å²) in [5.41, 5.74) is 2.34. The van der Waals surface area contributed by atoms with Gasteiger partial charge in [0.25, 0.3) is 0 Å². The Morgan fingerprint density at radius 3 is 1.93 bits per heavy atom. The van der Waals surface area contributed by atoms with Gasteiger partial charge in [0.05, 0.1) is 0 Å². The van der Waals surface area contributed by atoms with Crippen LogP contribution in [-0.2, 0) is 0 Å². The molecule has 1 aliphatic heterocycles. The van der Waals surface area contributed by atoms with E-state index in [-0.39, 0.29) is 6.09 Å².